The van der Waals surface area contributed by atoms with E-state index < -0.39 is 5.91 Å². The third-order valence-electron chi connectivity index (χ3n) is 4.68. The van der Waals surface area contributed by atoms with Crippen LogP contribution in [-0.2, 0) is 4.79 Å². The third-order valence-corrected chi connectivity index (χ3v) is 6.12. The first kappa shape index (κ1) is 25.3. The number of rotatable bonds is 8. The fourth-order valence-electron chi connectivity index (χ4n) is 2.96. The number of nitrogens with one attached hydrogen (secondary N) is 3. The summed E-state index contributed by atoms with van der Waals surface area (Å²) in [5.74, 6) is -0.874. The van der Waals surface area contributed by atoms with E-state index in [4.69, 9.17) is 29.6 Å². The van der Waals surface area contributed by atoms with E-state index >= 15 is 0 Å². The van der Waals surface area contributed by atoms with Crippen LogP contribution < -0.4 is 21.8 Å². The van der Waals surface area contributed by atoms with Gasteiger partial charge in [0.1, 0.15) is 5.71 Å². The number of anilines is 3. The molecule has 0 aliphatic rings. The molecule has 34 heavy (non-hydrogen) atoms. The molecule has 176 valence electrons. The van der Waals surface area contributed by atoms with Crippen molar-refractivity contribution >= 4 is 74.2 Å². The molecule has 3 aromatic rings. The molecule has 11 heteroatoms. The third kappa shape index (κ3) is 6.83. The van der Waals surface area contributed by atoms with Crippen LogP contribution >= 0.6 is 35.2 Å². The van der Waals surface area contributed by atoms with Crippen LogP contribution in [0.15, 0.2) is 47.6 Å². The number of amides is 1. The van der Waals surface area contributed by atoms with Crippen LogP contribution in [0.25, 0.3) is 0 Å². The van der Waals surface area contributed by atoms with Gasteiger partial charge in [-0.25, -0.2) is 4.98 Å². The van der Waals surface area contributed by atoms with Gasteiger partial charge in [-0.1, -0.05) is 40.6 Å². The average molecular weight is 515 g/mol. The van der Waals surface area contributed by atoms with Crippen LogP contribution in [0, 0.1) is 20.8 Å². The zero-order valence-corrected chi connectivity index (χ0v) is 21.1. The molecule has 1 aromatic heterocycles. The lowest BCUT2D eigenvalue weighted by molar-refractivity contribution is -0.110. The van der Waals surface area contributed by atoms with Gasteiger partial charge in [0.15, 0.2) is 16.0 Å². The number of nitrogens with two attached hydrogens (primary N) is 1. The normalized spacial score (nSPS) is 11.1. The van der Waals surface area contributed by atoms with Crippen LogP contribution in [0.2, 0.25) is 5.02 Å². The SMILES string of the molecule is Cc1ccc(Nc2nc(C)c(C(=O)C/C(=N\NC(N)=S)C(=O)Nc3ccc(Cl)cc3C)s2)cc1. The van der Waals surface area contributed by atoms with Gasteiger partial charge >= 0.3 is 0 Å². The summed E-state index contributed by atoms with van der Waals surface area (Å²) in [4.78, 5) is 30.8. The van der Waals surface area contributed by atoms with Gasteiger partial charge < -0.3 is 16.4 Å². The quantitative estimate of drug-likeness (QED) is 0.146. The lowest BCUT2D eigenvalue weighted by Crippen LogP contribution is -2.31. The van der Waals surface area contributed by atoms with E-state index in [9.17, 15) is 9.59 Å². The highest BCUT2D eigenvalue weighted by Crippen LogP contribution is 2.27. The Bertz CT molecular complexity index is 1270. The lowest BCUT2D eigenvalue weighted by Gasteiger charge is -2.10. The van der Waals surface area contributed by atoms with Crippen molar-refractivity contribution in [2.24, 2.45) is 10.8 Å². The van der Waals surface area contributed by atoms with Gasteiger partial charge in [-0.2, -0.15) is 5.10 Å². The minimum Gasteiger partial charge on any atom is -0.375 e. The maximum Gasteiger partial charge on any atom is 0.272 e. The predicted molar refractivity (Wildman–Crippen MR) is 142 cm³/mol. The van der Waals surface area contributed by atoms with Crippen molar-refractivity contribution in [3.05, 3.63) is 69.2 Å². The van der Waals surface area contributed by atoms with E-state index in [1.165, 1.54) is 11.3 Å². The number of nitrogens with zero attached hydrogens (tertiary/aromatic N) is 2. The molecule has 3 rings (SSSR count). The summed E-state index contributed by atoms with van der Waals surface area (Å²) in [6, 6.07) is 12.9. The Morgan fingerprint density at radius 2 is 1.85 bits per heavy atom. The molecule has 0 unspecified atom stereocenters. The molecule has 5 N–H and O–H groups in total. The molecule has 0 fully saturated rings. The number of benzene rings is 2. The number of thiocarbonyl (C=S) groups is 1. The minimum absolute atomic E-state index is 0.0759. The summed E-state index contributed by atoms with van der Waals surface area (Å²) in [5.41, 5.74) is 11.6. The summed E-state index contributed by atoms with van der Waals surface area (Å²) in [6.45, 7) is 5.55. The van der Waals surface area contributed by atoms with Crippen molar-refractivity contribution in [2.45, 2.75) is 27.2 Å². The van der Waals surface area contributed by atoms with Crippen LogP contribution in [0.3, 0.4) is 0 Å². The molecule has 0 aliphatic heterocycles. The van der Waals surface area contributed by atoms with Crippen LogP contribution in [0.5, 0.6) is 0 Å². The van der Waals surface area contributed by atoms with Gasteiger partial charge in [-0.3, -0.25) is 15.0 Å². The molecule has 1 heterocycles. The molecule has 0 spiro atoms. The van der Waals surface area contributed by atoms with Gasteiger partial charge in [0.25, 0.3) is 5.91 Å². The molecular weight excluding hydrogens is 492 g/mol. The van der Waals surface area contributed by atoms with Crippen LogP contribution in [0.1, 0.15) is 32.9 Å². The van der Waals surface area contributed by atoms with Crippen molar-refractivity contribution in [1.82, 2.24) is 10.4 Å². The van der Waals surface area contributed by atoms with E-state index in [1.54, 1.807) is 32.0 Å². The number of carbonyl (C=O) groups excluding carboxylic acids is 2. The monoisotopic (exact) mass is 514 g/mol. The van der Waals surface area contributed by atoms with Crippen molar-refractivity contribution in [3.8, 4) is 0 Å². The molecule has 0 aliphatic carbocycles. The number of hydrogen-bond acceptors (Lipinski definition) is 7. The van der Waals surface area contributed by atoms with E-state index in [-0.39, 0.29) is 23.0 Å². The molecule has 0 saturated heterocycles. The Labute approximate surface area is 211 Å². The highest BCUT2D eigenvalue weighted by Gasteiger charge is 2.22. The second kappa shape index (κ2) is 11.2. The van der Waals surface area contributed by atoms with Crippen molar-refractivity contribution in [2.75, 3.05) is 10.6 Å². The Kier molecular flexibility index (Phi) is 8.32. The summed E-state index contributed by atoms with van der Waals surface area (Å²) < 4.78 is 0. The molecule has 2 aromatic carbocycles. The van der Waals surface area contributed by atoms with Gasteiger partial charge in [0.2, 0.25) is 0 Å². The number of aromatic nitrogens is 1. The Balaban J connectivity index is 1.78. The molecule has 0 saturated carbocycles. The van der Waals surface area contributed by atoms with E-state index in [1.807, 2.05) is 31.2 Å². The molecule has 1 amide bonds. The number of hydrazone groups is 1. The van der Waals surface area contributed by atoms with Gasteiger partial charge in [-0.15, -0.1) is 0 Å². The van der Waals surface area contributed by atoms with Gasteiger partial charge in [-0.05, 0) is 68.9 Å². The van der Waals surface area contributed by atoms with E-state index in [0.29, 0.717) is 26.4 Å². The minimum atomic E-state index is -0.567. The Hall–Kier alpha value is -3.34. The lowest BCUT2D eigenvalue weighted by atomic mass is 10.1. The zero-order valence-electron chi connectivity index (χ0n) is 18.7. The van der Waals surface area contributed by atoms with E-state index in [2.05, 4.69) is 26.1 Å². The van der Waals surface area contributed by atoms with E-state index in [0.717, 1.165) is 16.8 Å². The molecule has 0 radical (unpaired) electrons. The van der Waals surface area contributed by atoms with Crippen LogP contribution in [-0.4, -0.2) is 27.5 Å². The van der Waals surface area contributed by atoms with Crippen molar-refractivity contribution in [3.63, 3.8) is 0 Å². The van der Waals surface area contributed by atoms with Crippen molar-refractivity contribution in [1.29, 1.82) is 0 Å². The Morgan fingerprint density at radius 1 is 1.15 bits per heavy atom. The second-order valence-electron chi connectivity index (χ2n) is 7.47. The number of aryl methyl sites for hydroxylation is 3. The molecule has 8 nitrogen and oxygen atoms in total. The first-order valence-corrected chi connectivity index (χ1v) is 11.8. The van der Waals surface area contributed by atoms with Gasteiger partial charge in [0, 0.05) is 16.4 Å². The smallest absolute Gasteiger partial charge is 0.272 e. The summed E-state index contributed by atoms with van der Waals surface area (Å²) in [6.07, 6.45) is -0.277. The number of Topliss-reactive ketones (excluding diaryl/α,β-unsaturated/α-hetero) is 1. The molecule has 0 bridgehead atoms. The first-order valence-electron chi connectivity index (χ1n) is 10.2. The summed E-state index contributed by atoms with van der Waals surface area (Å²) in [7, 11) is 0. The fourth-order valence-corrected chi connectivity index (χ4v) is 4.15. The average Bonchev–Trinajstić information content (AvgIpc) is 3.14. The topological polar surface area (TPSA) is 122 Å². The number of carbonyl (C=O) groups is 2. The summed E-state index contributed by atoms with van der Waals surface area (Å²) >= 11 is 12.0. The van der Waals surface area contributed by atoms with Gasteiger partial charge in [0.05, 0.1) is 17.0 Å². The molecule has 0 atom stereocenters. The number of halogens is 1. The largest absolute Gasteiger partial charge is 0.375 e. The maximum absolute atomic E-state index is 13.1. The predicted octanol–water partition coefficient (Wildman–Crippen LogP) is 4.87. The first-order chi connectivity index (χ1) is 16.1. The summed E-state index contributed by atoms with van der Waals surface area (Å²) in [5, 5.41) is 10.9. The van der Waals surface area contributed by atoms with Crippen molar-refractivity contribution < 1.29 is 9.59 Å². The standard InChI is InChI=1S/C23H23ClN6O2S2/c1-12-4-7-16(8-5-12)27-23-26-14(3)20(34-23)19(31)11-18(29-30-22(25)33)21(32)28-17-9-6-15(24)10-13(17)2/h4-10H,11H2,1-3H3,(H,26,27)(H,28,32)(H3,25,30,33)/b29-18+. The molecular formula is C23H23ClN6O2S2. The number of ketones is 1. The Morgan fingerprint density at radius 3 is 2.50 bits per heavy atom. The second-order valence-corrected chi connectivity index (χ2v) is 9.35. The number of thiazole rings is 1. The number of hydrogen-bond donors (Lipinski definition) is 4. The van der Waals surface area contributed by atoms with Crippen LogP contribution in [0.4, 0.5) is 16.5 Å². The fraction of sp³-hybridized carbons (Fsp3) is 0.174. The zero-order chi connectivity index (χ0) is 24.8. The maximum atomic E-state index is 13.1. The highest BCUT2D eigenvalue weighted by atomic mass is 35.5. The highest BCUT2D eigenvalue weighted by molar-refractivity contribution is 7.80.